The van der Waals surface area contributed by atoms with Crippen LogP contribution in [0.4, 0.5) is 0 Å². The number of thioether (sulfide) groups is 1. The summed E-state index contributed by atoms with van der Waals surface area (Å²) in [6, 6.07) is -3.29. The average molecular weight is 424 g/mol. The predicted molar refractivity (Wildman–Crippen MR) is 103 cm³/mol. The SMILES string of the molecule is CSCCC(N)C(=O)NC(CS)C(=O)NCC(=O)NC(CC(N)=O)C(=O)O. The number of nitrogens with one attached hydrogen (secondary N) is 3. The molecule has 0 heterocycles. The predicted octanol–water partition coefficient (Wildman–Crippen LogP) is -2.96. The van der Waals surface area contributed by atoms with Gasteiger partial charge in [0.2, 0.25) is 23.6 Å². The molecule has 8 N–H and O–H groups in total. The summed E-state index contributed by atoms with van der Waals surface area (Å²) in [4.78, 5) is 57.5. The third-order valence-electron chi connectivity index (χ3n) is 3.25. The van der Waals surface area contributed by atoms with E-state index in [0.717, 1.165) is 0 Å². The number of nitrogens with two attached hydrogens (primary N) is 2. The van der Waals surface area contributed by atoms with Gasteiger partial charge in [-0.25, -0.2) is 4.79 Å². The maximum absolute atomic E-state index is 12.1. The first-order valence-electron chi connectivity index (χ1n) is 7.86. The van der Waals surface area contributed by atoms with Crippen molar-refractivity contribution in [3.8, 4) is 0 Å². The Labute approximate surface area is 166 Å². The van der Waals surface area contributed by atoms with Crippen LogP contribution in [0.25, 0.3) is 0 Å². The lowest BCUT2D eigenvalue weighted by molar-refractivity contribution is -0.143. The quantitative estimate of drug-likeness (QED) is 0.153. The van der Waals surface area contributed by atoms with Crippen LogP contribution in [0, 0.1) is 0 Å². The van der Waals surface area contributed by atoms with Crippen molar-refractivity contribution in [2.45, 2.75) is 31.0 Å². The Morgan fingerprint density at radius 3 is 2.22 bits per heavy atom. The largest absolute Gasteiger partial charge is 0.480 e. The maximum atomic E-state index is 12.1. The van der Waals surface area contributed by atoms with Gasteiger partial charge in [0.05, 0.1) is 19.0 Å². The smallest absolute Gasteiger partial charge is 0.326 e. The molecule has 27 heavy (non-hydrogen) atoms. The summed E-state index contributed by atoms with van der Waals surface area (Å²) >= 11 is 5.51. The van der Waals surface area contributed by atoms with Crippen molar-refractivity contribution in [2.24, 2.45) is 11.5 Å². The minimum atomic E-state index is -1.50. The maximum Gasteiger partial charge on any atom is 0.326 e. The topological polar surface area (TPSA) is 194 Å². The summed E-state index contributed by atoms with van der Waals surface area (Å²) in [6.07, 6.45) is 1.73. The fourth-order valence-electron chi connectivity index (χ4n) is 1.79. The fraction of sp³-hybridized carbons (Fsp3) is 0.643. The Morgan fingerprint density at radius 1 is 1.11 bits per heavy atom. The monoisotopic (exact) mass is 423 g/mol. The van der Waals surface area contributed by atoms with Crippen molar-refractivity contribution >= 4 is 54.0 Å². The molecule has 13 heteroatoms. The Hall–Kier alpha value is -1.99. The number of primary amides is 1. The molecule has 0 saturated carbocycles. The Kier molecular flexibility index (Phi) is 12.2. The number of rotatable bonds is 13. The van der Waals surface area contributed by atoms with Gasteiger partial charge in [0.1, 0.15) is 12.1 Å². The van der Waals surface area contributed by atoms with Crippen LogP contribution >= 0.6 is 24.4 Å². The van der Waals surface area contributed by atoms with E-state index in [1.165, 1.54) is 11.8 Å². The molecule has 0 aromatic carbocycles. The first-order valence-corrected chi connectivity index (χ1v) is 9.88. The average Bonchev–Trinajstić information content (AvgIpc) is 2.60. The van der Waals surface area contributed by atoms with Crippen LogP contribution in [-0.2, 0) is 24.0 Å². The highest BCUT2D eigenvalue weighted by atomic mass is 32.2. The third kappa shape index (κ3) is 10.7. The molecule has 0 saturated heterocycles. The summed E-state index contributed by atoms with van der Waals surface area (Å²) in [5.41, 5.74) is 10.6. The van der Waals surface area contributed by atoms with Crippen molar-refractivity contribution in [3.63, 3.8) is 0 Å². The molecule has 11 nitrogen and oxygen atoms in total. The zero-order chi connectivity index (χ0) is 21.0. The number of hydrogen-bond donors (Lipinski definition) is 7. The number of carbonyl (C=O) groups is 5. The van der Waals surface area contributed by atoms with Crippen LogP contribution in [0.2, 0.25) is 0 Å². The van der Waals surface area contributed by atoms with Crippen molar-refractivity contribution in [1.29, 1.82) is 0 Å². The van der Waals surface area contributed by atoms with Crippen molar-refractivity contribution < 1.29 is 29.1 Å². The number of carboxylic acids is 1. The highest BCUT2D eigenvalue weighted by Gasteiger charge is 2.25. The lowest BCUT2D eigenvalue weighted by Crippen LogP contribution is -2.54. The molecule has 4 amide bonds. The number of carbonyl (C=O) groups excluding carboxylic acids is 4. The second kappa shape index (κ2) is 13.2. The molecule has 0 rings (SSSR count). The minimum Gasteiger partial charge on any atom is -0.480 e. The van der Waals surface area contributed by atoms with E-state index < -0.39 is 60.7 Å². The van der Waals surface area contributed by atoms with Gasteiger partial charge in [-0.05, 0) is 18.4 Å². The fourth-order valence-corrected chi connectivity index (χ4v) is 2.53. The van der Waals surface area contributed by atoms with Gasteiger partial charge >= 0.3 is 5.97 Å². The van der Waals surface area contributed by atoms with Crippen LogP contribution in [0.3, 0.4) is 0 Å². The molecule has 0 fully saturated rings. The molecule has 0 spiro atoms. The molecule has 3 unspecified atom stereocenters. The standard InChI is InChI=1S/C14H25N5O6S2/c1-27-3-2-7(15)12(22)19-9(6-26)13(23)17-5-11(21)18-8(14(24)25)4-10(16)20/h7-9,26H,2-6,15H2,1H3,(H2,16,20)(H,17,23)(H,18,21)(H,19,22)(H,24,25). The van der Waals surface area contributed by atoms with Gasteiger partial charge in [0.25, 0.3) is 0 Å². The van der Waals surface area contributed by atoms with Gasteiger partial charge in [0.15, 0.2) is 0 Å². The molecule has 0 aliphatic carbocycles. The van der Waals surface area contributed by atoms with Gasteiger partial charge in [-0.2, -0.15) is 24.4 Å². The van der Waals surface area contributed by atoms with Crippen LogP contribution in [0.15, 0.2) is 0 Å². The Balaban J connectivity index is 4.54. The molecule has 0 bridgehead atoms. The van der Waals surface area contributed by atoms with Crippen molar-refractivity contribution in [2.75, 3.05) is 24.3 Å². The van der Waals surface area contributed by atoms with Crippen LogP contribution in [0.5, 0.6) is 0 Å². The lowest BCUT2D eigenvalue weighted by Gasteiger charge is -2.19. The molecular weight excluding hydrogens is 398 g/mol. The minimum absolute atomic E-state index is 0.0339. The summed E-state index contributed by atoms with van der Waals surface area (Å²) < 4.78 is 0. The van der Waals surface area contributed by atoms with Gasteiger partial charge in [0, 0.05) is 5.75 Å². The van der Waals surface area contributed by atoms with E-state index in [0.29, 0.717) is 12.2 Å². The molecule has 0 aliphatic rings. The van der Waals surface area contributed by atoms with Crippen LogP contribution in [-0.4, -0.2) is 77.1 Å². The van der Waals surface area contributed by atoms with Crippen LogP contribution < -0.4 is 27.4 Å². The molecular formula is C14H25N5O6S2. The first kappa shape index (κ1) is 25.0. The second-order valence-electron chi connectivity index (χ2n) is 5.48. The highest BCUT2D eigenvalue weighted by Crippen LogP contribution is 2.00. The zero-order valence-corrected chi connectivity index (χ0v) is 16.5. The summed E-state index contributed by atoms with van der Waals surface area (Å²) in [6.45, 7) is -0.556. The van der Waals surface area contributed by atoms with Crippen molar-refractivity contribution in [3.05, 3.63) is 0 Å². The highest BCUT2D eigenvalue weighted by molar-refractivity contribution is 7.98. The number of aliphatic carboxylic acids is 1. The molecule has 154 valence electrons. The van der Waals surface area contributed by atoms with E-state index in [2.05, 4.69) is 28.6 Å². The van der Waals surface area contributed by atoms with E-state index >= 15 is 0 Å². The summed E-state index contributed by atoms with van der Waals surface area (Å²) in [5.74, 6) is -3.73. The molecule has 0 aliphatic heterocycles. The Bertz CT molecular complexity index is 562. The lowest BCUT2D eigenvalue weighted by atomic mass is 10.2. The normalized spacial score (nSPS) is 13.7. The number of hydrogen-bond acceptors (Lipinski definition) is 8. The number of carboxylic acid groups (broad SMARTS) is 1. The van der Waals surface area contributed by atoms with Gasteiger partial charge in [-0.1, -0.05) is 0 Å². The Morgan fingerprint density at radius 2 is 1.74 bits per heavy atom. The molecule has 0 aromatic heterocycles. The van der Waals surface area contributed by atoms with E-state index in [1.54, 1.807) is 0 Å². The third-order valence-corrected chi connectivity index (χ3v) is 4.26. The molecule has 0 aromatic rings. The van der Waals surface area contributed by atoms with Gasteiger partial charge in [-0.15, -0.1) is 0 Å². The van der Waals surface area contributed by atoms with Gasteiger partial charge in [-0.3, -0.25) is 19.2 Å². The first-order chi connectivity index (χ1) is 12.6. The summed E-state index contributed by atoms with van der Waals surface area (Å²) in [7, 11) is 0. The van der Waals surface area contributed by atoms with E-state index in [1.807, 2.05) is 6.26 Å². The zero-order valence-electron chi connectivity index (χ0n) is 14.8. The molecule has 3 atom stereocenters. The van der Waals surface area contributed by atoms with E-state index in [4.69, 9.17) is 16.6 Å². The number of amides is 4. The van der Waals surface area contributed by atoms with Gasteiger partial charge < -0.3 is 32.5 Å². The molecule has 0 radical (unpaired) electrons. The van der Waals surface area contributed by atoms with Crippen molar-refractivity contribution in [1.82, 2.24) is 16.0 Å². The van der Waals surface area contributed by atoms with E-state index in [-0.39, 0.29) is 5.75 Å². The second-order valence-corrected chi connectivity index (χ2v) is 6.83. The number of thiol groups is 1. The van der Waals surface area contributed by atoms with E-state index in [9.17, 15) is 24.0 Å². The van der Waals surface area contributed by atoms with Crippen LogP contribution in [0.1, 0.15) is 12.8 Å². The summed E-state index contributed by atoms with van der Waals surface area (Å²) in [5, 5.41) is 15.7.